The van der Waals surface area contributed by atoms with E-state index in [1.54, 1.807) is 24.4 Å². The predicted octanol–water partition coefficient (Wildman–Crippen LogP) is 4.40. The Morgan fingerprint density at radius 1 is 0.964 bits per heavy atom. The van der Waals surface area contributed by atoms with Gasteiger partial charge in [0.15, 0.2) is 5.11 Å². The van der Waals surface area contributed by atoms with E-state index in [0.29, 0.717) is 23.0 Å². The number of halogens is 1. The molecule has 0 spiro atoms. The van der Waals surface area contributed by atoms with E-state index in [2.05, 4.69) is 15.8 Å². The maximum Gasteiger partial charge on any atom is 0.187 e. The zero-order chi connectivity index (χ0) is 19.6. The molecule has 4 nitrogen and oxygen atoms in total. The minimum atomic E-state index is -0.287. The van der Waals surface area contributed by atoms with Gasteiger partial charge in [-0.2, -0.15) is 5.10 Å². The number of rotatable bonds is 7. The van der Waals surface area contributed by atoms with E-state index in [9.17, 15) is 4.39 Å². The second-order valence-electron chi connectivity index (χ2n) is 5.96. The van der Waals surface area contributed by atoms with Crippen molar-refractivity contribution in [3.05, 3.63) is 101 Å². The van der Waals surface area contributed by atoms with Crippen molar-refractivity contribution in [3.8, 4) is 5.75 Å². The predicted molar refractivity (Wildman–Crippen MR) is 114 cm³/mol. The lowest BCUT2D eigenvalue weighted by molar-refractivity contribution is 0.299. The van der Waals surface area contributed by atoms with Crippen molar-refractivity contribution in [2.24, 2.45) is 5.10 Å². The van der Waals surface area contributed by atoms with Crippen LogP contribution >= 0.6 is 12.2 Å². The van der Waals surface area contributed by atoms with E-state index >= 15 is 0 Å². The van der Waals surface area contributed by atoms with Gasteiger partial charge in [-0.1, -0.05) is 60.7 Å². The van der Waals surface area contributed by atoms with Crippen molar-refractivity contribution in [1.82, 2.24) is 10.7 Å². The fraction of sp³-hybridized carbons (Fsp3) is 0.0909. The highest BCUT2D eigenvalue weighted by Gasteiger charge is 2.04. The van der Waals surface area contributed by atoms with Crippen LogP contribution in [-0.4, -0.2) is 11.3 Å². The van der Waals surface area contributed by atoms with Gasteiger partial charge in [-0.3, -0.25) is 5.43 Å². The first kappa shape index (κ1) is 19.5. The molecule has 0 amide bonds. The molecule has 0 saturated heterocycles. The summed E-state index contributed by atoms with van der Waals surface area (Å²) in [6, 6.07) is 23.9. The summed E-state index contributed by atoms with van der Waals surface area (Å²) in [5.74, 6) is 0.324. The Morgan fingerprint density at radius 3 is 2.50 bits per heavy atom. The maximum absolute atomic E-state index is 13.7. The molecule has 0 aliphatic carbocycles. The summed E-state index contributed by atoms with van der Waals surface area (Å²) in [5, 5.41) is 7.66. The molecule has 0 unspecified atom stereocenters. The van der Waals surface area contributed by atoms with Gasteiger partial charge in [-0.05, 0) is 36.0 Å². The number of thiocarbonyl (C=S) groups is 1. The van der Waals surface area contributed by atoms with Crippen LogP contribution in [0.25, 0.3) is 0 Å². The van der Waals surface area contributed by atoms with Gasteiger partial charge in [0.05, 0.1) is 6.21 Å². The number of hydrazone groups is 1. The molecular weight excluding hydrogens is 373 g/mol. The number of nitrogens with one attached hydrogen (secondary N) is 2. The number of benzene rings is 3. The average Bonchev–Trinajstić information content (AvgIpc) is 2.73. The molecule has 3 rings (SSSR count). The standard InChI is InChI=1S/C22H20FN3OS/c23-20-12-6-4-11-19(20)16-27-21-13-7-5-10-18(21)15-25-26-22(28)24-14-17-8-2-1-3-9-17/h1-13,15H,14,16H2,(H2,24,26,28). The zero-order valence-electron chi connectivity index (χ0n) is 15.1. The summed E-state index contributed by atoms with van der Waals surface area (Å²) in [5.41, 5.74) is 5.17. The van der Waals surface area contributed by atoms with Gasteiger partial charge in [0, 0.05) is 17.7 Å². The lowest BCUT2D eigenvalue weighted by atomic mass is 10.2. The van der Waals surface area contributed by atoms with Gasteiger partial charge < -0.3 is 10.1 Å². The number of ether oxygens (including phenoxy) is 1. The van der Waals surface area contributed by atoms with Crippen LogP contribution in [0.5, 0.6) is 5.75 Å². The van der Waals surface area contributed by atoms with E-state index in [1.807, 2.05) is 54.6 Å². The first-order valence-corrected chi connectivity index (χ1v) is 9.19. The highest BCUT2D eigenvalue weighted by molar-refractivity contribution is 7.80. The van der Waals surface area contributed by atoms with Crippen LogP contribution in [0.2, 0.25) is 0 Å². The fourth-order valence-corrected chi connectivity index (χ4v) is 2.59. The fourth-order valence-electron chi connectivity index (χ4n) is 2.47. The number of hydrogen-bond acceptors (Lipinski definition) is 3. The molecule has 6 heteroatoms. The van der Waals surface area contributed by atoms with Crippen LogP contribution in [0.1, 0.15) is 16.7 Å². The highest BCUT2D eigenvalue weighted by Crippen LogP contribution is 2.18. The largest absolute Gasteiger partial charge is 0.488 e. The first-order valence-electron chi connectivity index (χ1n) is 8.78. The Bertz CT molecular complexity index is 947. The molecule has 0 fully saturated rings. The highest BCUT2D eigenvalue weighted by atomic mass is 32.1. The van der Waals surface area contributed by atoms with E-state index in [-0.39, 0.29) is 12.4 Å². The van der Waals surface area contributed by atoms with Crippen molar-refractivity contribution in [1.29, 1.82) is 0 Å². The van der Waals surface area contributed by atoms with Gasteiger partial charge in [-0.25, -0.2) is 4.39 Å². The number of hydrogen-bond donors (Lipinski definition) is 2. The lowest BCUT2D eigenvalue weighted by Gasteiger charge is -2.10. The Kier molecular flexibility index (Phi) is 7.09. The van der Waals surface area contributed by atoms with E-state index < -0.39 is 0 Å². The van der Waals surface area contributed by atoms with Gasteiger partial charge in [0.2, 0.25) is 0 Å². The van der Waals surface area contributed by atoms with Crippen LogP contribution in [0.4, 0.5) is 4.39 Å². The molecule has 142 valence electrons. The Labute approximate surface area is 169 Å². The maximum atomic E-state index is 13.7. The molecule has 28 heavy (non-hydrogen) atoms. The van der Waals surface area contributed by atoms with Crippen LogP contribution in [0.3, 0.4) is 0 Å². The molecule has 2 N–H and O–H groups in total. The average molecular weight is 393 g/mol. The summed E-state index contributed by atoms with van der Waals surface area (Å²) in [6.07, 6.45) is 1.62. The van der Waals surface area contributed by atoms with Crippen molar-refractivity contribution in [3.63, 3.8) is 0 Å². The number of para-hydroxylation sites is 1. The topological polar surface area (TPSA) is 45.6 Å². The minimum Gasteiger partial charge on any atom is -0.488 e. The van der Waals surface area contributed by atoms with Crippen LogP contribution in [0, 0.1) is 5.82 Å². The van der Waals surface area contributed by atoms with Crippen molar-refractivity contribution < 1.29 is 9.13 Å². The molecule has 0 heterocycles. The second-order valence-corrected chi connectivity index (χ2v) is 6.36. The van der Waals surface area contributed by atoms with Gasteiger partial charge in [0.25, 0.3) is 0 Å². The summed E-state index contributed by atoms with van der Waals surface area (Å²) < 4.78 is 19.5. The third-order valence-corrected chi connectivity index (χ3v) is 4.16. The molecule has 0 saturated carbocycles. The van der Waals surface area contributed by atoms with Crippen LogP contribution < -0.4 is 15.5 Å². The molecule has 0 radical (unpaired) electrons. The van der Waals surface area contributed by atoms with Crippen molar-refractivity contribution >= 4 is 23.5 Å². The Balaban J connectivity index is 1.53. The SMILES string of the molecule is Fc1ccccc1COc1ccccc1C=NNC(=S)NCc1ccccc1. The minimum absolute atomic E-state index is 0.141. The molecule has 0 atom stereocenters. The Hall–Kier alpha value is -3.25. The number of nitrogens with zero attached hydrogens (tertiary/aromatic N) is 1. The molecule has 0 bridgehead atoms. The summed E-state index contributed by atoms with van der Waals surface area (Å²) in [4.78, 5) is 0. The first-order chi connectivity index (χ1) is 13.7. The molecule has 0 aromatic heterocycles. The quantitative estimate of drug-likeness (QED) is 0.355. The van der Waals surface area contributed by atoms with Crippen molar-refractivity contribution in [2.45, 2.75) is 13.2 Å². The summed E-state index contributed by atoms with van der Waals surface area (Å²) in [7, 11) is 0. The van der Waals surface area contributed by atoms with E-state index in [1.165, 1.54) is 6.07 Å². The second kappa shape index (κ2) is 10.2. The molecule has 0 aliphatic heterocycles. The molecule has 3 aromatic carbocycles. The smallest absolute Gasteiger partial charge is 0.187 e. The third-order valence-electron chi connectivity index (χ3n) is 3.93. The van der Waals surface area contributed by atoms with Gasteiger partial charge in [-0.15, -0.1) is 0 Å². The Morgan fingerprint density at radius 2 is 1.68 bits per heavy atom. The van der Waals surface area contributed by atoms with Crippen molar-refractivity contribution in [2.75, 3.05) is 0 Å². The monoisotopic (exact) mass is 393 g/mol. The normalized spacial score (nSPS) is 10.6. The van der Waals surface area contributed by atoms with Gasteiger partial charge in [0.1, 0.15) is 18.2 Å². The van der Waals surface area contributed by atoms with Gasteiger partial charge >= 0.3 is 0 Å². The lowest BCUT2D eigenvalue weighted by Crippen LogP contribution is -2.31. The molecule has 0 aliphatic rings. The zero-order valence-corrected chi connectivity index (χ0v) is 16.0. The summed E-state index contributed by atoms with van der Waals surface area (Å²) in [6.45, 7) is 0.756. The molecular formula is C22H20FN3OS. The van der Waals surface area contributed by atoms with Crippen LogP contribution in [-0.2, 0) is 13.2 Å². The van der Waals surface area contributed by atoms with E-state index in [0.717, 1.165) is 11.1 Å². The molecule has 3 aromatic rings. The summed E-state index contributed by atoms with van der Waals surface area (Å²) >= 11 is 5.22. The van der Waals surface area contributed by atoms with Crippen LogP contribution in [0.15, 0.2) is 84.0 Å². The third kappa shape index (κ3) is 5.89. The van der Waals surface area contributed by atoms with E-state index in [4.69, 9.17) is 17.0 Å².